The fraction of sp³-hybridized carbons (Fsp3) is 0.222. The summed E-state index contributed by atoms with van der Waals surface area (Å²) in [6.45, 7) is 0.544. The molecule has 0 aromatic heterocycles. The molecule has 13 heavy (non-hydrogen) atoms. The molecule has 1 aromatic rings. The van der Waals surface area contributed by atoms with Crippen LogP contribution in [-0.2, 0) is 4.79 Å². The van der Waals surface area contributed by atoms with Crippen LogP contribution in [0.1, 0.15) is 6.42 Å². The number of rotatable bonds is 0. The van der Waals surface area contributed by atoms with E-state index in [-0.39, 0.29) is 11.6 Å². The minimum atomic E-state index is -0.403. The van der Waals surface area contributed by atoms with Crippen molar-refractivity contribution < 1.29 is 9.18 Å². The highest BCUT2D eigenvalue weighted by atomic mass is 19.1. The highest BCUT2D eigenvalue weighted by Crippen LogP contribution is 2.26. The molecule has 2 N–H and O–H groups in total. The molecule has 0 spiro atoms. The molecule has 0 aliphatic carbocycles. The molecule has 0 saturated heterocycles. The minimum absolute atomic E-state index is 0.156. The summed E-state index contributed by atoms with van der Waals surface area (Å²) >= 11 is 0. The van der Waals surface area contributed by atoms with Gasteiger partial charge in [0.1, 0.15) is 11.5 Å². The maximum Gasteiger partial charge on any atom is 0.226 e. The lowest BCUT2D eigenvalue weighted by molar-refractivity contribution is -0.115. The topological polar surface area (TPSA) is 41.1 Å². The van der Waals surface area contributed by atoms with Crippen LogP contribution in [0.5, 0.6) is 0 Å². The van der Waals surface area contributed by atoms with Gasteiger partial charge in [-0.3, -0.25) is 4.79 Å². The van der Waals surface area contributed by atoms with Crippen LogP contribution in [-0.4, -0.2) is 12.5 Å². The Morgan fingerprint density at radius 2 is 2.23 bits per heavy atom. The lowest BCUT2D eigenvalue weighted by Gasteiger charge is -2.07. The Labute approximate surface area is 74.9 Å². The number of carbonyl (C=O) groups excluding carboxylic acids is 1. The number of nitrogens with one attached hydrogen (secondary N) is 2. The van der Waals surface area contributed by atoms with Crippen molar-refractivity contribution in [3.05, 3.63) is 24.0 Å². The van der Waals surface area contributed by atoms with Crippen molar-refractivity contribution in [3.8, 4) is 0 Å². The van der Waals surface area contributed by atoms with Crippen LogP contribution in [0.25, 0.3) is 0 Å². The molecule has 2 rings (SSSR count). The molecule has 1 aliphatic rings. The molecule has 0 atom stereocenters. The van der Waals surface area contributed by atoms with Gasteiger partial charge in [0.05, 0.1) is 5.69 Å². The normalized spacial score (nSPS) is 15.3. The fourth-order valence-corrected chi connectivity index (χ4v) is 1.31. The van der Waals surface area contributed by atoms with E-state index in [4.69, 9.17) is 0 Å². The molecule has 1 aromatic carbocycles. The van der Waals surface area contributed by atoms with Crippen molar-refractivity contribution >= 4 is 17.3 Å². The lowest BCUT2D eigenvalue weighted by atomic mass is 10.2. The largest absolute Gasteiger partial charge is 0.383 e. The lowest BCUT2D eigenvalue weighted by Crippen LogP contribution is -2.11. The van der Waals surface area contributed by atoms with Gasteiger partial charge < -0.3 is 10.6 Å². The van der Waals surface area contributed by atoms with Crippen molar-refractivity contribution in [3.63, 3.8) is 0 Å². The average molecular weight is 180 g/mol. The first kappa shape index (κ1) is 8.04. The SMILES string of the molecule is O=C1CCNc2cccc(F)c2N1. The maximum atomic E-state index is 13.2. The number of carbonyl (C=O) groups is 1. The number of hydrogen-bond donors (Lipinski definition) is 2. The second-order valence-corrected chi connectivity index (χ2v) is 2.89. The van der Waals surface area contributed by atoms with E-state index in [9.17, 15) is 9.18 Å². The standard InChI is InChI=1S/C9H9FN2O/c10-6-2-1-3-7-9(6)12-8(13)4-5-11-7/h1-3,11H,4-5H2,(H,12,13). The second-order valence-electron chi connectivity index (χ2n) is 2.89. The van der Waals surface area contributed by atoms with E-state index in [0.717, 1.165) is 0 Å². The Morgan fingerprint density at radius 1 is 1.38 bits per heavy atom. The van der Waals surface area contributed by atoms with Gasteiger partial charge in [-0.25, -0.2) is 4.39 Å². The van der Waals surface area contributed by atoms with Crippen molar-refractivity contribution in [2.75, 3.05) is 17.2 Å². The smallest absolute Gasteiger partial charge is 0.226 e. The summed E-state index contributed by atoms with van der Waals surface area (Å²) in [7, 11) is 0. The van der Waals surface area contributed by atoms with Crippen LogP contribution in [0.4, 0.5) is 15.8 Å². The number of benzene rings is 1. The molecule has 0 radical (unpaired) electrons. The van der Waals surface area contributed by atoms with Crippen LogP contribution < -0.4 is 10.6 Å². The van der Waals surface area contributed by atoms with E-state index < -0.39 is 5.82 Å². The first-order valence-corrected chi connectivity index (χ1v) is 4.09. The molecule has 0 bridgehead atoms. The zero-order valence-electron chi connectivity index (χ0n) is 6.93. The van der Waals surface area contributed by atoms with E-state index in [1.807, 2.05) is 0 Å². The number of halogens is 1. The third kappa shape index (κ3) is 1.47. The molecule has 68 valence electrons. The highest BCUT2D eigenvalue weighted by Gasteiger charge is 2.14. The number of amides is 1. The molecule has 1 heterocycles. The maximum absolute atomic E-state index is 13.2. The zero-order valence-corrected chi connectivity index (χ0v) is 6.93. The monoisotopic (exact) mass is 180 g/mol. The Hall–Kier alpha value is -1.58. The summed E-state index contributed by atoms with van der Waals surface area (Å²) in [6.07, 6.45) is 0.369. The Kier molecular flexibility index (Phi) is 1.88. The van der Waals surface area contributed by atoms with Crippen molar-refractivity contribution in [2.24, 2.45) is 0 Å². The number of hydrogen-bond acceptors (Lipinski definition) is 2. The van der Waals surface area contributed by atoms with Crippen LogP contribution in [0.3, 0.4) is 0 Å². The molecule has 4 heteroatoms. The minimum Gasteiger partial charge on any atom is -0.383 e. The van der Waals surface area contributed by atoms with Gasteiger partial charge >= 0.3 is 0 Å². The summed E-state index contributed by atoms with van der Waals surface area (Å²) in [4.78, 5) is 11.1. The summed E-state index contributed by atoms with van der Waals surface area (Å²) in [5.41, 5.74) is 0.899. The highest BCUT2D eigenvalue weighted by molar-refractivity contribution is 5.96. The molecule has 1 aliphatic heterocycles. The van der Waals surface area contributed by atoms with Crippen molar-refractivity contribution in [2.45, 2.75) is 6.42 Å². The van der Waals surface area contributed by atoms with E-state index in [2.05, 4.69) is 10.6 Å². The van der Waals surface area contributed by atoms with E-state index in [1.54, 1.807) is 12.1 Å². The first-order chi connectivity index (χ1) is 6.27. The summed E-state index contributed by atoms with van der Waals surface area (Å²) in [5, 5.41) is 5.49. The molecular weight excluding hydrogens is 171 g/mol. The fourth-order valence-electron chi connectivity index (χ4n) is 1.31. The zero-order chi connectivity index (χ0) is 9.26. The quantitative estimate of drug-likeness (QED) is 0.636. The van der Waals surface area contributed by atoms with Gasteiger partial charge in [0.2, 0.25) is 5.91 Å². The van der Waals surface area contributed by atoms with Crippen molar-refractivity contribution in [1.29, 1.82) is 0 Å². The van der Waals surface area contributed by atoms with Gasteiger partial charge in [-0.1, -0.05) is 6.07 Å². The summed E-state index contributed by atoms with van der Waals surface area (Å²) in [5.74, 6) is -0.559. The molecule has 3 nitrogen and oxygen atoms in total. The molecule has 1 amide bonds. The predicted molar refractivity (Wildman–Crippen MR) is 48.1 cm³/mol. The molecule has 0 saturated carbocycles. The number of para-hydroxylation sites is 1. The number of anilines is 2. The van der Waals surface area contributed by atoms with Gasteiger partial charge in [-0.05, 0) is 12.1 Å². The summed E-state index contributed by atoms with van der Waals surface area (Å²) < 4.78 is 13.2. The Bertz CT molecular complexity index is 351. The van der Waals surface area contributed by atoms with Gasteiger partial charge in [-0.2, -0.15) is 0 Å². The van der Waals surface area contributed by atoms with E-state index in [1.165, 1.54) is 6.07 Å². The van der Waals surface area contributed by atoms with Crippen LogP contribution in [0, 0.1) is 5.82 Å². The van der Waals surface area contributed by atoms with Crippen LogP contribution >= 0.6 is 0 Å². The molecule has 0 unspecified atom stereocenters. The van der Waals surface area contributed by atoms with Gasteiger partial charge in [0.15, 0.2) is 0 Å². The van der Waals surface area contributed by atoms with Gasteiger partial charge in [0, 0.05) is 13.0 Å². The third-order valence-corrected chi connectivity index (χ3v) is 1.95. The Balaban J connectivity index is 2.46. The average Bonchev–Trinajstić information content (AvgIpc) is 2.28. The van der Waals surface area contributed by atoms with Crippen molar-refractivity contribution in [1.82, 2.24) is 0 Å². The summed E-state index contributed by atoms with van der Waals surface area (Å²) in [6, 6.07) is 4.68. The van der Waals surface area contributed by atoms with Gasteiger partial charge in [0.25, 0.3) is 0 Å². The van der Waals surface area contributed by atoms with E-state index in [0.29, 0.717) is 18.7 Å². The second kappa shape index (κ2) is 3.05. The Morgan fingerprint density at radius 3 is 3.08 bits per heavy atom. The molecule has 0 fully saturated rings. The van der Waals surface area contributed by atoms with E-state index >= 15 is 0 Å². The van der Waals surface area contributed by atoms with Crippen LogP contribution in [0.15, 0.2) is 18.2 Å². The first-order valence-electron chi connectivity index (χ1n) is 4.09. The van der Waals surface area contributed by atoms with Gasteiger partial charge in [-0.15, -0.1) is 0 Å². The predicted octanol–water partition coefficient (Wildman–Crippen LogP) is 1.58. The van der Waals surface area contributed by atoms with Crippen LogP contribution in [0.2, 0.25) is 0 Å². The molecular formula is C9H9FN2O. The third-order valence-electron chi connectivity index (χ3n) is 1.95. The number of fused-ring (bicyclic) bond motifs is 1.